The van der Waals surface area contributed by atoms with Crippen molar-refractivity contribution in [2.45, 2.75) is 57.4 Å². The first kappa shape index (κ1) is 25.1. The average molecular weight is 507 g/mol. The van der Waals surface area contributed by atoms with E-state index in [1.54, 1.807) is 0 Å². The Hall–Kier alpha value is -3.24. The van der Waals surface area contributed by atoms with Crippen molar-refractivity contribution in [1.29, 1.82) is 0 Å². The summed E-state index contributed by atoms with van der Waals surface area (Å²) in [5, 5.41) is 3.11. The molecule has 2 fully saturated rings. The Bertz CT molecular complexity index is 1330. The molecule has 6 rings (SSSR count). The zero-order chi connectivity index (χ0) is 26.3. The highest BCUT2D eigenvalue weighted by molar-refractivity contribution is 6.05. The summed E-state index contributed by atoms with van der Waals surface area (Å²) in [6.07, 6.45) is 5.43. The number of piperidine rings is 1. The Morgan fingerprint density at radius 3 is 2.45 bits per heavy atom. The van der Waals surface area contributed by atoms with Gasteiger partial charge in [0.15, 0.2) is 5.78 Å². The van der Waals surface area contributed by atoms with Crippen LogP contribution in [0, 0.1) is 11.8 Å². The SMILES string of the molecule is CC[C@@]12CCN(CC3CC3)C(C(=O)c3ccc(C(=O)NCCc4ccc(-c5ccccc5)cc4)cc31)[C@@H]2C. The van der Waals surface area contributed by atoms with Gasteiger partial charge in [-0.05, 0) is 84.9 Å². The number of likely N-dealkylation sites (tertiary alicyclic amines) is 1. The Morgan fingerprint density at radius 1 is 1.00 bits per heavy atom. The number of nitrogens with one attached hydrogen (secondary N) is 1. The topological polar surface area (TPSA) is 49.4 Å². The second-order valence-corrected chi connectivity index (χ2v) is 11.6. The minimum Gasteiger partial charge on any atom is -0.352 e. The smallest absolute Gasteiger partial charge is 0.251 e. The van der Waals surface area contributed by atoms with E-state index >= 15 is 0 Å². The minimum atomic E-state index is -0.0617. The first-order chi connectivity index (χ1) is 18.5. The van der Waals surface area contributed by atoms with Gasteiger partial charge in [-0.3, -0.25) is 14.5 Å². The lowest BCUT2D eigenvalue weighted by molar-refractivity contribution is 0.0197. The fourth-order valence-electron chi connectivity index (χ4n) is 7.02. The van der Waals surface area contributed by atoms with Crippen molar-refractivity contribution in [3.05, 3.63) is 95.1 Å². The van der Waals surface area contributed by atoms with E-state index in [0.29, 0.717) is 12.1 Å². The molecule has 0 aromatic heterocycles. The van der Waals surface area contributed by atoms with Gasteiger partial charge in [0, 0.05) is 29.6 Å². The van der Waals surface area contributed by atoms with Crippen molar-refractivity contribution in [1.82, 2.24) is 10.2 Å². The summed E-state index contributed by atoms with van der Waals surface area (Å²) in [6.45, 7) is 7.13. The molecule has 0 spiro atoms. The van der Waals surface area contributed by atoms with Gasteiger partial charge in [0.05, 0.1) is 6.04 Å². The molecule has 1 aliphatic heterocycles. The standard InChI is InChI=1S/C34H38N2O2/c1-3-34-18-20-36(22-25-9-10-25)31(23(34)2)32(37)29-16-15-28(21-30(29)34)33(38)35-19-17-24-11-13-27(14-12-24)26-7-5-4-6-8-26/h4-8,11-16,21,23,25,31H,3,9-10,17-20,22H2,1-2H3,(H,35,38)/t23-,31?,34-/m0/s1. The van der Waals surface area contributed by atoms with Crippen LogP contribution in [0.3, 0.4) is 0 Å². The molecule has 1 heterocycles. The highest BCUT2D eigenvalue weighted by Gasteiger charge is 2.54. The molecule has 2 aliphatic carbocycles. The summed E-state index contributed by atoms with van der Waals surface area (Å²) >= 11 is 0. The van der Waals surface area contributed by atoms with Crippen molar-refractivity contribution >= 4 is 11.7 Å². The monoisotopic (exact) mass is 506 g/mol. The molecule has 1 unspecified atom stereocenters. The maximum absolute atomic E-state index is 13.7. The zero-order valence-electron chi connectivity index (χ0n) is 22.6. The van der Waals surface area contributed by atoms with Gasteiger partial charge < -0.3 is 5.32 Å². The molecule has 3 aromatic carbocycles. The molecule has 38 heavy (non-hydrogen) atoms. The van der Waals surface area contributed by atoms with Gasteiger partial charge in [0.25, 0.3) is 5.91 Å². The maximum atomic E-state index is 13.7. The maximum Gasteiger partial charge on any atom is 0.251 e. The van der Waals surface area contributed by atoms with Crippen LogP contribution in [0.1, 0.15) is 71.4 Å². The number of benzene rings is 3. The van der Waals surface area contributed by atoms with Crippen LogP contribution in [0.4, 0.5) is 0 Å². The fourth-order valence-corrected chi connectivity index (χ4v) is 7.02. The molecule has 3 aliphatic rings. The van der Waals surface area contributed by atoms with E-state index in [4.69, 9.17) is 0 Å². The number of carbonyl (C=O) groups excluding carboxylic acids is 2. The van der Waals surface area contributed by atoms with Crippen LogP contribution in [0.2, 0.25) is 0 Å². The van der Waals surface area contributed by atoms with Gasteiger partial charge >= 0.3 is 0 Å². The summed E-state index contributed by atoms with van der Waals surface area (Å²) < 4.78 is 0. The Balaban J connectivity index is 1.15. The molecule has 196 valence electrons. The van der Waals surface area contributed by atoms with E-state index < -0.39 is 0 Å². The Labute approximate surface area is 226 Å². The molecule has 4 nitrogen and oxygen atoms in total. The van der Waals surface area contributed by atoms with Gasteiger partial charge in [0.1, 0.15) is 0 Å². The zero-order valence-corrected chi connectivity index (χ0v) is 22.6. The van der Waals surface area contributed by atoms with E-state index in [0.717, 1.165) is 49.4 Å². The van der Waals surface area contributed by atoms with Gasteiger partial charge in [0.2, 0.25) is 0 Å². The predicted molar refractivity (Wildman–Crippen MR) is 153 cm³/mol. The molecule has 3 aromatic rings. The predicted octanol–water partition coefficient (Wildman–Crippen LogP) is 6.29. The normalized spacial score (nSPS) is 24.6. The minimum absolute atomic E-state index is 0.0234. The third-order valence-electron chi connectivity index (χ3n) is 9.52. The lowest BCUT2D eigenvalue weighted by Gasteiger charge is -2.55. The molecule has 1 N–H and O–H groups in total. The van der Waals surface area contributed by atoms with Crippen LogP contribution in [0.15, 0.2) is 72.8 Å². The van der Waals surface area contributed by atoms with E-state index in [2.05, 4.69) is 72.6 Å². The Kier molecular flexibility index (Phi) is 6.69. The van der Waals surface area contributed by atoms with Crippen molar-refractivity contribution in [2.24, 2.45) is 11.8 Å². The number of carbonyl (C=O) groups is 2. The fraction of sp³-hybridized carbons (Fsp3) is 0.412. The van der Waals surface area contributed by atoms with Crippen molar-refractivity contribution in [3.63, 3.8) is 0 Å². The highest BCUT2D eigenvalue weighted by atomic mass is 16.1. The number of Topliss-reactive ketones (excluding diaryl/α,β-unsaturated/α-hetero) is 1. The second kappa shape index (κ2) is 10.1. The summed E-state index contributed by atoms with van der Waals surface area (Å²) in [5.41, 5.74) is 6.16. The van der Waals surface area contributed by atoms with E-state index in [9.17, 15) is 9.59 Å². The van der Waals surface area contributed by atoms with Crippen molar-refractivity contribution in [2.75, 3.05) is 19.6 Å². The number of hydrogen-bond donors (Lipinski definition) is 1. The van der Waals surface area contributed by atoms with Crippen molar-refractivity contribution in [3.8, 4) is 11.1 Å². The summed E-state index contributed by atoms with van der Waals surface area (Å²) in [4.78, 5) is 29.3. The number of amides is 1. The third kappa shape index (κ3) is 4.49. The van der Waals surface area contributed by atoms with Crippen molar-refractivity contribution < 1.29 is 9.59 Å². The molecule has 1 amide bonds. The summed E-state index contributed by atoms with van der Waals surface area (Å²) in [5.74, 6) is 1.23. The Morgan fingerprint density at radius 2 is 1.74 bits per heavy atom. The number of ketones is 1. The molecule has 1 saturated heterocycles. The quantitative estimate of drug-likeness (QED) is 0.391. The molecule has 0 radical (unpaired) electrons. The van der Waals surface area contributed by atoms with Crippen LogP contribution in [0.25, 0.3) is 11.1 Å². The molecular weight excluding hydrogens is 468 g/mol. The van der Waals surface area contributed by atoms with Crippen LogP contribution in [-0.4, -0.2) is 42.3 Å². The van der Waals surface area contributed by atoms with E-state index in [1.165, 1.54) is 29.5 Å². The molecule has 3 atom stereocenters. The van der Waals surface area contributed by atoms with E-state index in [1.807, 2.05) is 24.3 Å². The molecule has 2 bridgehead atoms. The van der Waals surface area contributed by atoms with Crippen LogP contribution >= 0.6 is 0 Å². The number of rotatable bonds is 8. The van der Waals surface area contributed by atoms with Crippen LogP contribution < -0.4 is 5.32 Å². The number of fused-ring (bicyclic) bond motifs is 4. The third-order valence-corrected chi connectivity index (χ3v) is 9.52. The first-order valence-corrected chi connectivity index (χ1v) is 14.4. The molecule has 4 heteroatoms. The van der Waals surface area contributed by atoms with Gasteiger partial charge in [-0.25, -0.2) is 0 Å². The second-order valence-electron chi connectivity index (χ2n) is 11.6. The van der Waals surface area contributed by atoms with Gasteiger partial charge in [-0.2, -0.15) is 0 Å². The van der Waals surface area contributed by atoms with E-state index in [-0.39, 0.29) is 29.1 Å². The van der Waals surface area contributed by atoms with Gasteiger partial charge in [-0.15, -0.1) is 0 Å². The number of nitrogens with zero attached hydrogens (tertiary/aromatic N) is 1. The molecular formula is C34H38N2O2. The highest BCUT2D eigenvalue weighted by Crippen LogP contribution is 2.51. The lowest BCUT2D eigenvalue weighted by Crippen LogP contribution is -2.61. The first-order valence-electron chi connectivity index (χ1n) is 14.4. The summed E-state index contributed by atoms with van der Waals surface area (Å²) in [6, 6.07) is 24.7. The largest absolute Gasteiger partial charge is 0.352 e. The number of hydrogen-bond acceptors (Lipinski definition) is 3. The van der Waals surface area contributed by atoms with Gasteiger partial charge in [-0.1, -0.05) is 74.5 Å². The lowest BCUT2D eigenvalue weighted by atomic mass is 9.56. The van der Waals surface area contributed by atoms with Crippen LogP contribution in [-0.2, 0) is 11.8 Å². The molecule has 1 saturated carbocycles. The summed E-state index contributed by atoms with van der Waals surface area (Å²) in [7, 11) is 0. The average Bonchev–Trinajstić information content (AvgIpc) is 3.77. The van der Waals surface area contributed by atoms with Crippen LogP contribution in [0.5, 0.6) is 0 Å².